The maximum Gasteiger partial charge on any atom is 0.408 e. The molecule has 0 aromatic heterocycles. The Morgan fingerprint density at radius 2 is 1.79 bits per heavy atom. The summed E-state index contributed by atoms with van der Waals surface area (Å²) in [6.45, 7) is 5.91. The van der Waals surface area contributed by atoms with Crippen LogP contribution in [0.4, 0.5) is 4.79 Å². The predicted molar refractivity (Wildman–Crippen MR) is 117 cm³/mol. The van der Waals surface area contributed by atoms with Crippen LogP contribution in [0.15, 0.2) is 30.3 Å². The highest BCUT2D eigenvalue weighted by Gasteiger charge is 2.48. The fraction of sp³-hybridized carbons (Fsp3) is 0.524. The number of benzene rings is 1. The zero-order chi connectivity index (χ0) is 24.8. The van der Waals surface area contributed by atoms with Crippen molar-refractivity contribution in [2.75, 3.05) is 12.3 Å². The molecule has 11 nitrogen and oxygen atoms in total. The number of nitrogens with zero attached hydrogens (tertiary/aromatic N) is 1. The summed E-state index contributed by atoms with van der Waals surface area (Å²) in [5, 5.41) is 4.64. The minimum Gasteiger partial charge on any atom is -0.460 e. The molecule has 0 bridgehead atoms. The van der Waals surface area contributed by atoms with E-state index in [4.69, 9.17) is 9.47 Å². The Morgan fingerprint density at radius 3 is 2.36 bits per heavy atom. The minimum atomic E-state index is -3.88. The Morgan fingerprint density at radius 1 is 1.15 bits per heavy atom. The molecule has 33 heavy (non-hydrogen) atoms. The molecule has 2 rings (SSSR count). The molecule has 182 valence electrons. The molecule has 2 N–H and O–H groups in total. The van der Waals surface area contributed by atoms with Crippen LogP contribution in [-0.4, -0.2) is 66.6 Å². The highest BCUT2D eigenvalue weighted by Crippen LogP contribution is 2.25. The van der Waals surface area contributed by atoms with Crippen molar-refractivity contribution in [1.82, 2.24) is 14.9 Å². The van der Waals surface area contributed by atoms with Crippen molar-refractivity contribution in [3.63, 3.8) is 0 Å². The molecular formula is C21H29N3O8S. The second kappa shape index (κ2) is 10.6. The van der Waals surface area contributed by atoms with Crippen LogP contribution in [0.5, 0.6) is 0 Å². The summed E-state index contributed by atoms with van der Waals surface area (Å²) in [5.74, 6) is -2.55. The van der Waals surface area contributed by atoms with Gasteiger partial charge in [-0.25, -0.2) is 17.5 Å². The van der Waals surface area contributed by atoms with Crippen LogP contribution < -0.4 is 10.6 Å². The Bertz CT molecular complexity index is 989. The number of hydrogen-bond donors (Lipinski definition) is 2. The van der Waals surface area contributed by atoms with Gasteiger partial charge in [-0.2, -0.15) is 0 Å². The summed E-state index contributed by atoms with van der Waals surface area (Å²) in [6.07, 6.45) is -1.19. The molecule has 0 spiro atoms. The Kier molecular flexibility index (Phi) is 8.42. The molecule has 0 saturated carbocycles. The van der Waals surface area contributed by atoms with Gasteiger partial charge < -0.3 is 20.1 Å². The standard InChI is InChI=1S/C21H29N3O8S/c1-14(23-20(28)32-21(2,3)4)19(27)24-16(13-33(24,29)30)10-17(25)22-11-18(26)31-12-15-8-6-5-7-9-15/h5-9,14,16H,10-13H2,1-4H3,(H,22,25)(H,23,28)/t14-,16?/m0/s1. The van der Waals surface area contributed by atoms with E-state index in [0.717, 1.165) is 5.56 Å². The Hall–Kier alpha value is -3.15. The molecule has 1 unspecified atom stereocenters. The highest BCUT2D eigenvalue weighted by atomic mass is 32.2. The zero-order valence-corrected chi connectivity index (χ0v) is 19.8. The van der Waals surface area contributed by atoms with E-state index in [0.29, 0.717) is 4.31 Å². The number of ether oxygens (including phenoxy) is 2. The average molecular weight is 484 g/mol. The van der Waals surface area contributed by atoms with Crippen molar-refractivity contribution in [3.05, 3.63) is 35.9 Å². The zero-order valence-electron chi connectivity index (χ0n) is 19.0. The number of nitrogens with one attached hydrogen (secondary N) is 2. The maximum atomic E-state index is 12.6. The first-order chi connectivity index (χ1) is 15.3. The van der Waals surface area contributed by atoms with Gasteiger partial charge in [0.15, 0.2) is 0 Å². The summed E-state index contributed by atoms with van der Waals surface area (Å²) in [7, 11) is -3.88. The van der Waals surface area contributed by atoms with Gasteiger partial charge in [-0.3, -0.25) is 14.4 Å². The number of hydrogen-bond acceptors (Lipinski definition) is 8. The van der Waals surface area contributed by atoms with Gasteiger partial charge in [-0.05, 0) is 33.3 Å². The summed E-state index contributed by atoms with van der Waals surface area (Å²) < 4.78 is 34.9. The quantitative estimate of drug-likeness (QED) is 0.513. The lowest BCUT2D eigenvalue weighted by Gasteiger charge is -2.40. The van der Waals surface area contributed by atoms with Crippen molar-refractivity contribution in [2.45, 2.75) is 58.4 Å². The molecule has 0 radical (unpaired) electrons. The Balaban J connectivity index is 1.83. The van der Waals surface area contributed by atoms with E-state index in [1.807, 2.05) is 6.07 Å². The molecule has 12 heteroatoms. The van der Waals surface area contributed by atoms with Gasteiger partial charge in [0.2, 0.25) is 15.9 Å². The topological polar surface area (TPSA) is 148 Å². The molecular weight excluding hydrogens is 454 g/mol. The monoisotopic (exact) mass is 483 g/mol. The average Bonchev–Trinajstić information content (AvgIpc) is 2.69. The molecule has 0 aliphatic carbocycles. The van der Waals surface area contributed by atoms with Crippen molar-refractivity contribution in [2.24, 2.45) is 0 Å². The number of esters is 1. The number of alkyl carbamates (subject to hydrolysis) is 1. The van der Waals surface area contributed by atoms with Crippen LogP contribution in [-0.2, 0) is 40.5 Å². The molecule has 3 amide bonds. The van der Waals surface area contributed by atoms with Gasteiger partial charge in [-0.1, -0.05) is 30.3 Å². The van der Waals surface area contributed by atoms with E-state index >= 15 is 0 Å². The number of rotatable bonds is 8. The van der Waals surface area contributed by atoms with Crippen LogP contribution in [0, 0.1) is 0 Å². The van der Waals surface area contributed by atoms with E-state index in [-0.39, 0.29) is 13.0 Å². The molecule has 2 atom stereocenters. The van der Waals surface area contributed by atoms with Crippen LogP contribution in [0.2, 0.25) is 0 Å². The van der Waals surface area contributed by atoms with Gasteiger partial charge in [0, 0.05) is 6.42 Å². The number of amides is 3. The van der Waals surface area contributed by atoms with Crippen molar-refractivity contribution < 1.29 is 37.1 Å². The van der Waals surface area contributed by atoms with Crippen molar-refractivity contribution in [1.29, 1.82) is 0 Å². The van der Waals surface area contributed by atoms with Crippen LogP contribution in [0.3, 0.4) is 0 Å². The summed E-state index contributed by atoms with van der Waals surface area (Å²) >= 11 is 0. The lowest BCUT2D eigenvalue weighted by molar-refractivity contribution is -0.145. The number of sulfonamides is 1. The summed E-state index contributed by atoms with van der Waals surface area (Å²) in [6, 6.07) is 6.90. The van der Waals surface area contributed by atoms with E-state index in [1.54, 1.807) is 45.0 Å². The van der Waals surface area contributed by atoms with E-state index < -0.39 is 63.9 Å². The van der Waals surface area contributed by atoms with Crippen molar-refractivity contribution >= 4 is 33.9 Å². The van der Waals surface area contributed by atoms with Crippen LogP contribution in [0.25, 0.3) is 0 Å². The first-order valence-electron chi connectivity index (χ1n) is 10.3. The van der Waals surface area contributed by atoms with Crippen LogP contribution in [0.1, 0.15) is 39.7 Å². The lowest BCUT2D eigenvalue weighted by Crippen LogP contribution is -2.64. The normalized spacial score (nSPS) is 17.8. The summed E-state index contributed by atoms with van der Waals surface area (Å²) in [4.78, 5) is 48.4. The number of carbonyl (C=O) groups is 4. The highest BCUT2D eigenvalue weighted by molar-refractivity contribution is 7.91. The fourth-order valence-electron chi connectivity index (χ4n) is 2.98. The molecule has 1 heterocycles. The van der Waals surface area contributed by atoms with E-state index in [9.17, 15) is 27.6 Å². The fourth-order valence-corrected chi connectivity index (χ4v) is 4.67. The van der Waals surface area contributed by atoms with Gasteiger partial charge in [0.1, 0.15) is 24.8 Å². The van der Waals surface area contributed by atoms with Crippen molar-refractivity contribution in [3.8, 4) is 0 Å². The molecule has 1 saturated heterocycles. The van der Waals surface area contributed by atoms with Gasteiger partial charge in [-0.15, -0.1) is 0 Å². The second-order valence-corrected chi connectivity index (χ2v) is 10.5. The van der Waals surface area contributed by atoms with E-state index in [1.165, 1.54) is 6.92 Å². The van der Waals surface area contributed by atoms with Gasteiger partial charge in [0.05, 0.1) is 11.8 Å². The predicted octanol–water partition coefficient (Wildman–Crippen LogP) is 0.690. The molecule has 1 aliphatic heterocycles. The first kappa shape index (κ1) is 26.1. The third-order valence-electron chi connectivity index (χ3n) is 4.45. The smallest absolute Gasteiger partial charge is 0.408 e. The first-order valence-corrected chi connectivity index (χ1v) is 11.9. The largest absolute Gasteiger partial charge is 0.460 e. The summed E-state index contributed by atoms with van der Waals surface area (Å²) in [5.41, 5.74) is -0.00133. The number of carbonyl (C=O) groups excluding carboxylic acids is 4. The maximum absolute atomic E-state index is 12.6. The lowest BCUT2D eigenvalue weighted by atomic mass is 10.2. The molecule has 1 fully saturated rings. The third kappa shape index (κ3) is 8.04. The second-order valence-electron chi connectivity index (χ2n) is 8.56. The molecule has 1 aromatic rings. The molecule has 1 aliphatic rings. The minimum absolute atomic E-state index is 0.0568. The SMILES string of the molecule is C[C@H](NC(=O)OC(C)(C)C)C(=O)N1C(CC(=O)NCC(=O)OCc2ccccc2)CS1(=O)=O. The third-order valence-corrected chi connectivity index (χ3v) is 6.33. The van der Waals surface area contributed by atoms with E-state index in [2.05, 4.69) is 10.6 Å². The molecule has 1 aromatic carbocycles. The van der Waals surface area contributed by atoms with Crippen LogP contribution >= 0.6 is 0 Å². The van der Waals surface area contributed by atoms with Gasteiger partial charge >= 0.3 is 12.1 Å². The van der Waals surface area contributed by atoms with Gasteiger partial charge in [0.25, 0.3) is 5.91 Å². The Labute approximate surface area is 192 Å².